The number of rotatable bonds is 4. The fourth-order valence-corrected chi connectivity index (χ4v) is 2.11. The Hall–Kier alpha value is -1.68. The van der Waals surface area contributed by atoms with E-state index in [1.807, 2.05) is 12.1 Å². The van der Waals surface area contributed by atoms with Crippen LogP contribution in [0.1, 0.15) is 10.4 Å². The van der Waals surface area contributed by atoms with E-state index in [9.17, 15) is 9.18 Å². The number of pyridine rings is 1. The molecule has 1 aromatic carbocycles. The fraction of sp³-hybridized carbons (Fsp3) is 0.0769. The smallest absolute Gasteiger partial charge is 0.173 e. The summed E-state index contributed by atoms with van der Waals surface area (Å²) in [7, 11) is 0. The van der Waals surface area contributed by atoms with E-state index < -0.39 is 0 Å². The van der Waals surface area contributed by atoms with Gasteiger partial charge in [0.1, 0.15) is 5.82 Å². The highest BCUT2D eigenvalue weighted by Gasteiger charge is 2.07. The van der Waals surface area contributed by atoms with Crippen molar-refractivity contribution >= 4 is 17.5 Å². The molecule has 0 spiro atoms. The molecule has 0 amide bonds. The molecule has 2 nitrogen and oxygen atoms in total. The SMILES string of the molecule is O=C(CSc1ccncc1)c1cccc(F)c1. The van der Waals surface area contributed by atoms with Gasteiger partial charge in [-0.15, -0.1) is 11.8 Å². The molecule has 1 heterocycles. The van der Waals surface area contributed by atoms with Gasteiger partial charge in [-0.3, -0.25) is 9.78 Å². The topological polar surface area (TPSA) is 30.0 Å². The molecule has 0 atom stereocenters. The summed E-state index contributed by atoms with van der Waals surface area (Å²) in [6.45, 7) is 0. The first-order chi connectivity index (χ1) is 8.25. The predicted octanol–water partition coefficient (Wildman–Crippen LogP) is 3.20. The van der Waals surface area contributed by atoms with E-state index >= 15 is 0 Å². The maximum absolute atomic E-state index is 12.9. The Bertz CT molecular complexity index is 516. The number of carbonyl (C=O) groups is 1. The van der Waals surface area contributed by atoms with E-state index in [0.29, 0.717) is 11.3 Å². The molecule has 0 fully saturated rings. The second-order valence-electron chi connectivity index (χ2n) is 3.41. The van der Waals surface area contributed by atoms with E-state index in [1.54, 1.807) is 24.5 Å². The third-order valence-corrected chi connectivity index (χ3v) is 3.18. The Kier molecular flexibility index (Phi) is 3.88. The molecule has 0 bridgehead atoms. The van der Waals surface area contributed by atoms with Crippen molar-refractivity contribution in [2.75, 3.05) is 5.75 Å². The van der Waals surface area contributed by atoms with Gasteiger partial charge in [0.25, 0.3) is 0 Å². The largest absolute Gasteiger partial charge is 0.293 e. The van der Waals surface area contributed by atoms with Crippen LogP contribution in [0.5, 0.6) is 0 Å². The lowest BCUT2D eigenvalue weighted by Crippen LogP contribution is -2.02. The van der Waals surface area contributed by atoms with E-state index in [4.69, 9.17) is 0 Å². The average molecular weight is 247 g/mol. The van der Waals surface area contributed by atoms with Gasteiger partial charge in [0.05, 0.1) is 5.75 Å². The lowest BCUT2D eigenvalue weighted by Gasteiger charge is -2.01. The first kappa shape index (κ1) is 11.8. The van der Waals surface area contributed by atoms with E-state index in [1.165, 1.54) is 23.9 Å². The second kappa shape index (κ2) is 5.59. The lowest BCUT2D eigenvalue weighted by atomic mass is 10.1. The number of Topliss-reactive ketones (excluding diaryl/α,β-unsaturated/α-hetero) is 1. The highest BCUT2D eigenvalue weighted by molar-refractivity contribution is 8.00. The minimum Gasteiger partial charge on any atom is -0.293 e. The summed E-state index contributed by atoms with van der Waals surface area (Å²) < 4.78 is 12.9. The summed E-state index contributed by atoms with van der Waals surface area (Å²) in [5.74, 6) is -0.163. The number of thioether (sulfide) groups is 1. The van der Waals surface area contributed by atoms with Crippen molar-refractivity contribution < 1.29 is 9.18 Å². The molecule has 2 rings (SSSR count). The Labute approximate surface area is 103 Å². The summed E-state index contributed by atoms with van der Waals surface area (Å²) in [5.41, 5.74) is 0.409. The summed E-state index contributed by atoms with van der Waals surface area (Å²) in [6.07, 6.45) is 3.35. The molecule has 0 aliphatic heterocycles. The quantitative estimate of drug-likeness (QED) is 0.614. The molecule has 0 aliphatic rings. The van der Waals surface area contributed by atoms with Gasteiger partial charge in [-0.1, -0.05) is 12.1 Å². The van der Waals surface area contributed by atoms with Crippen molar-refractivity contribution in [3.63, 3.8) is 0 Å². The van der Waals surface area contributed by atoms with Gasteiger partial charge in [-0.25, -0.2) is 4.39 Å². The molecule has 2 aromatic rings. The Morgan fingerprint density at radius 3 is 2.71 bits per heavy atom. The molecule has 0 aliphatic carbocycles. The normalized spacial score (nSPS) is 10.2. The standard InChI is InChI=1S/C13H10FNOS/c14-11-3-1-2-10(8-11)13(16)9-17-12-4-6-15-7-5-12/h1-8H,9H2. The Morgan fingerprint density at radius 2 is 2.00 bits per heavy atom. The van der Waals surface area contributed by atoms with Gasteiger partial charge >= 0.3 is 0 Å². The maximum Gasteiger partial charge on any atom is 0.173 e. The summed E-state index contributed by atoms with van der Waals surface area (Å²) in [4.78, 5) is 16.6. The molecule has 17 heavy (non-hydrogen) atoms. The average Bonchev–Trinajstić information content (AvgIpc) is 2.37. The van der Waals surface area contributed by atoms with E-state index in [2.05, 4.69) is 4.98 Å². The lowest BCUT2D eigenvalue weighted by molar-refractivity contribution is 0.102. The van der Waals surface area contributed by atoms with Crippen molar-refractivity contribution in [2.45, 2.75) is 4.90 Å². The van der Waals surface area contributed by atoms with Crippen molar-refractivity contribution in [1.29, 1.82) is 0 Å². The zero-order valence-electron chi connectivity index (χ0n) is 8.97. The summed E-state index contributed by atoms with van der Waals surface area (Å²) in [5, 5.41) is 0. The minimum absolute atomic E-state index is 0.0775. The minimum atomic E-state index is -0.384. The van der Waals surface area contributed by atoms with Gasteiger partial charge in [-0.05, 0) is 24.3 Å². The number of carbonyl (C=O) groups excluding carboxylic acids is 1. The first-order valence-corrected chi connectivity index (χ1v) is 6.06. The van der Waals surface area contributed by atoms with Crippen LogP contribution in [0.4, 0.5) is 4.39 Å². The van der Waals surface area contributed by atoms with Crippen molar-refractivity contribution in [2.24, 2.45) is 0 Å². The monoisotopic (exact) mass is 247 g/mol. The number of halogens is 1. The van der Waals surface area contributed by atoms with Gasteiger partial charge < -0.3 is 0 Å². The fourth-order valence-electron chi connectivity index (χ4n) is 1.33. The van der Waals surface area contributed by atoms with Crippen LogP contribution in [0.3, 0.4) is 0 Å². The first-order valence-electron chi connectivity index (χ1n) is 5.07. The molecular weight excluding hydrogens is 237 g/mol. The molecule has 86 valence electrons. The van der Waals surface area contributed by atoms with Crippen LogP contribution >= 0.6 is 11.8 Å². The van der Waals surface area contributed by atoms with E-state index in [0.717, 1.165) is 4.90 Å². The third kappa shape index (κ3) is 3.39. The molecule has 4 heteroatoms. The zero-order chi connectivity index (χ0) is 12.1. The van der Waals surface area contributed by atoms with Gasteiger partial charge in [-0.2, -0.15) is 0 Å². The molecule has 0 N–H and O–H groups in total. The van der Waals surface area contributed by atoms with E-state index in [-0.39, 0.29) is 11.6 Å². The number of ketones is 1. The Morgan fingerprint density at radius 1 is 1.24 bits per heavy atom. The van der Waals surface area contributed by atoms with Crippen molar-refractivity contribution in [3.8, 4) is 0 Å². The van der Waals surface area contributed by atoms with Crippen LogP contribution in [0.2, 0.25) is 0 Å². The Balaban J connectivity index is 1.98. The predicted molar refractivity (Wildman–Crippen MR) is 65.7 cm³/mol. The number of nitrogens with zero attached hydrogens (tertiary/aromatic N) is 1. The molecule has 0 saturated heterocycles. The molecular formula is C13H10FNOS. The van der Waals surface area contributed by atoms with Gasteiger partial charge in [0.2, 0.25) is 0 Å². The number of benzene rings is 1. The van der Waals surface area contributed by atoms with Crippen LogP contribution in [0.25, 0.3) is 0 Å². The highest BCUT2D eigenvalue weighted by Crippen LogP contribution is 2.18. The van der Waals surface area contributed by atoms with Crippen molar-refractivity contribution in [3.05, 3.63) is 60.2 Å². The molecule has 0 radical (unpaired) electrons. The number of hydrogen-bond acceptors (Lipinski definition) is 3. The van der Waals surface area contributed by atoms with Crippen molar-refractivity contribution in [1.82, 2.24) is 4.98 Å². The molecule has 1 aromatic heterocycles. The zero-order valence-corrected chi connectivity index (χ0v) is 9.78. The van der Waals surface area contributed by atoms with Crippen LogP contribution < -0.4 is 0 Å². The van der Waals surface area contributed by atoms with Crippen LogP contribution in [0, 0.1) is 5.82 Å². The maximum atomic E-state index is 12.9. The summed E-state index contributed by atoms with van der Waals surface area (Å²) >= 11 is 1.42. The molecule has 0 unspecified atom stereocenters. The van der Waals surface area contributed by atoms with Crippen LogP contribution in [-0.2, 0) is 0 Å². The van der Waals surface area contributed by atoms with Crippen LogP contribution in [0.15, 0.2) is 53.7 Å². The van der Waals surface area contributed by atoms with Crippen LogP contribution in [-0.4, -0.2) is 16.5 Å². The highest BCUT2D eigenvalue weighted by atomic mass is 32.2. The summed E-state index contributed by atoms with van der Waals surface area (Å²) in [6, 6.07) is 9.42. The number of hydrogen-bond donors (Lipinski definition) is 0. The van der Waals surface area contributed by atoms with Gasteiger partial charge in [0.15, 0.2) is 5.78 Å². The second-order valence-corrected chi connectivity index (χ2v) is 4.45. The van der Waals surface area contributed by atoms with Gasteiger partial charge in [0, 0.05) is 22.9 Å². The number of aromatic nitrogens is 1. The third-order valence-electron chi connectivity index (χ3n) is 2.17. The molecule has 0 saturated carbocycles.